The van der Waals surface area contributed by atoms with Gasteiger partial charge in [0.05, 0.1) is 37.1 Å². The van der Waals surface area contributed by atoms with Crippen molar-refractivity contribution >= 4 is 16.8 Å². The van der Waals surface area contributed by atoms with Gasteiger partial charge in [-0.3, -0.25) is 9.69 Å². The molecule has 1 aliphatic heterocycles. The van der Waals surface area contributed by atoms with Crippen molar-refractivity contribution in [1.82, 2.24) is 14.8 Å². The lowest BCUT2D eigenvalue weighted by molar-refractivity contribution is 0.0578. The Morgan fingerprint density at radius 1 is 1.00 bits per heavy atom. The molecule has 1 saturated heterocycles. The number of carbonyl (C=O) groups excluding carboxylic acids is 1. The molecule has 176 valence electrons. The Bertz CT molecular complexity index is 1230. The second-order valence-corrected chi connectivity index (χ2v) is 8.79. The van der Waals surface area contributed by atoms with Crippen LogP contribution in [0.25, 0.3) is 22.2 Å². The molecule has 1 fully saturated rings. The minimum Gasteiger partial charge on any atom is -0.493 e. The fourth-order valence-corrected chi connectivity index (χ4v) is 4.52. The third-order valence-electron chi connectivity index (χ3n) is 6.38. The molecule has 0 N–H and O–H groups in total. The predicted octanol–water partition coefficient (Wildman–Crippen LogP) is 4.22. The second kappa shape index (κ2) is 10.1. The zero-order chi connectivity index (χ0) is 24.2. The molecule has 1 aliphatic rings. The summed E-state index contributed by atoms with van der Waals surface area (Å²) in [5.74, 6) is 1.48. The van der Waals surface area contributed by atoms with Crippen LogP contribution in [0.5, 0.6) is 11.5 Å². The van der Waals surface area contributed by atoms with E-state index in [0.717, 1.165) is 16.5 Å². The normalized spacial score (nSPS) is 15.2. The van der Waals surface area contributed by atoms with E-state index < -0.39 is 0 Å². The van der Waals surface area contributed by atoms with Gasteiger partial charge in [-0.05, 0) is 36.2 Å². The largest absolute Gasteiger partial charge is 0.493 e. The van der Waals surface area contributed by atoms with Crippen LogP contribution in [-0.2, 0) is 0 Å². The number of pyridine rings is 1. The van der Waals surface area contributed by atoms with Crippen LogP contribution < -0.4 is 9.47 Å². The first-order valence-electron chi connectivity index (χ1n) is 11.5. The monoisotopic (exact) mass is 458 g/mol. The van der Waals surface area contributed by atoms with Crippen LogP contribution >= 0.6 is 0 Å². The second-order valence-electron chi connectivity index (χ2n) is 8.79. The highest BCUT2D eigenvalue weighted by atomic mass is 16.5. The molecule has 2 heterocycles. The van der Waals surface area contributed by atoms with Crippen LogP contribution in [0.4, 0.5) is 0 Å². The fraction of sp³-hybridized carbons (Fsp3) is 0.370. The molecular formula is C27H30N4O3. The van der Waals surface area contributed by atoms with Crippen molar-refractivity contribution in [2.24, 2.45) is 5.92 Å². The van der Waals surface area contributed by atoms with Gasteiger partial charge in [0.15, 0.2) is 11.5 Å². The molecule has 7 nitrogen and oxygen atoms in total. The van der Waals surface area contributed by atoms with Crippen LogP contribution in [0.15, 0.2) is 48.5 Å². The summed E-state index contributed by atoms with van der Waals surface area (Å²) in [6.07, 6.45) is 0. The van der Waals surface area contributed by atoms with Gasteiger partial charge in [0.1, 0.15) is 6.04 Å². The summed E-state index contributed by atoms with van der Waals surface area (Å²) < 4.78 is 10.8. The number of para-hydroxylation sites is 1. The van der Waals surface area contributed by atoms with E-state index in [9.17, 15) is 10.1 Å². The number of piperazine rings is 1. The van der Waals surface area contributed by atoms with Gasteiger partial charge in [0.2, 0.25) is 0 Å². The molecular weight excluding hydrogens is 428 g/mol. The van der Waals surface area contributed by atoms with Crippen LogP contribution in [0, 0.1) is 17.2 Å². The molecule has 1 aromatic heterocycles. The maximum atomic E-state index is 13.7. The fourth-order valence-electron chi connectivity index (χ4n) is 4.52. The highest BCUT2D eigenvalue weighted by molar-refractivity contribution is 6.07. The van der Waals surface area contributed by atoms with Gasteiger partial charge in [0, 0.05) is 37.1 Å². The number of ether oxygens (including phenoxy) is 2. The standard InChI is InChI=1S/C27H30N4O3/c1-18(2)24(17-28)30-11-13-31(14-12-30)27(32)21-16-23(29-22-8-6-5-7-20(21)22)19-9-10-25(33-3)26(15-19)34-4/h5-10,15-16,18,24H,11-14H2,1-4H3. The van der Waals surface area contributed by atoms with Crippen molar-refractivity contribution in [2.75, 3.05) is 40.4 Å². The van der Waals surface area contributed by atoms with Crippen LogP contribution in [0.1, 0.15) is 24.2 Å². The highest BCUT2D eigenvalue weighted by Crippen LogP contribution is 2.33. The maximum Gasteiger partial charge on any atom is 0.254 e. The molecule has 7 heteroatoms. The van der Waals surface area contributed by atoms with Gasteiger partial charge in [0.25, 0.3) is 5.91 Å². The van der Waals surface area contributed by atoms with E-state index in [1.807, 2.05) is 53.4 Å². The molecule has 34 heavy (non-hydrogen) atoms. The molecule has 1 atom stereocenters. The summed E-state index contributed by atoms with van der Waals surface area (Å²) in [5.41, 5.74) is 2.94. The average Bonchev–Trinajstić information content (AvgIpc) is 2.87. The first-order chi connectivity index (χ1) is 16.5. The number of fused-ring (bicyclic) bond motifs is 1. The Morgan fingerprint density at radius 2 is 1.71 bits per heavy atom. The number of nitrogens with zero attached hydrogens (tertiary/aromatic N) is 4. The Labute approximate surface area is 200 Å². The molecule has 0 radical (unpaired) electrons. The number of methoxy groups -OCH3 is 2. The quantitative estimate of drug-likeness (QED) is 0.550. The minimum absolute atomic E-state index is 0.0157. The van der Waals surface area contributed by atoms with E-state index in [0.29, 0.717) is 48.9 Å². The summed E-state index contributed by atoms with van der Waals surface area (Å²) >= 11 is 0. The molecule has 0 spiro atoms. The Kier molecular flexibility index (Phi) is 6.99. The van der Waals surface area contributed by atoms with E-state index in [1.54, 1.807) is 14.2 Å². The summed E-state index contributed by atoms with van der Waals surface area (Å²) in [6, 6.07) is 17.5. The van der Waals surface area contributed by atoms with E-state index in [-0.39, 0.29) is 17.9 Å². The predicted molar refractivity (Wildman–Crippen MR) is 132 cm³/mol. The van der Waals surface area contributed by atoms with Crippen molar-refractivity contribution in [3.8, 4) is 28.8 Å². The van der Waals surface area contributed by atoms with Gasteiger partial charge >= 0.3 is 0 Å². The number of carbonyl (C=O) groups is 1. The lowest BCUT2D eigenvalue weighted by Crippen LogP contribution is -2.52. The van der Waals surface area contributed by atoms with Crippen molar-refractivity contribution in [2.45, 2.75) is 19.9 Å². The summed E-state index contributed by atoms with van der Waals surface area (Å²) in [4.78, 5) is 22.5. The van der Waals surface area contributed by atoms with Gasteiger partial charge in [-0.1, -0.05) is 32.0 Å². The Morgan fingerprint density at radius 3 is 2.35 bits per heavy atom. The van der Waals surface area contributed by atoms with E-state index in [4.69, 9.17) is 14.5 Å². The summed E-state index contributed by atoms with van der Waals surface area (Å²) in [5, 5.41) is 10.4. The molecule has 0 saturated carbocycles. The number of hydrogen-bond acceptors (Lipinski definition) is 6. The number of aromatic nitrogens is 1. The van der Waals surface area contributed by atoms with Gasteiger partial charge in [-0.25, -0.2) is 4.98 Å². The smallest absolute Gasteiger partial charge is 0.254 e. The third kappa shape index (κ3) is 4.55. The van der Waals surface area contributed by atoms with E-state index in [1.165, 1.54) is 0 Å². The third-order valence-corrected chi connectivity index (χ3v) is 6.38. The van der Waals surface area contributed by atoms with Gasteiger partial charge < -0.3 is 14.4 Å². The average molecular weight is 459 g/mol. The van der Waals surface area contributed by atoms with Crippen molar-refractivity contribution in [3.63, 3.8) is 0 Å². The van der Waals surface area contributed by atoms with Gasteiger partial charge in [-0.15, -0.1) is 0 Å². The van der Waals surface area contributed by atoms with E-state index in [2.05, 4.69) is 24.8 Å². The van der Waals surface area contributed by atoms with Crippen LogP contribution in [-0.4, -0.2) is 67.1 Å². The van der Waals surface area contributed by atoms with Gasteiger partial charge in [-0.2, -0.15) is 5.26 Å². The number of nitriles is 1. The zero-order valence-electron chi connectivity index (χ0n) is 20.1. The number of amides is 1. The number of rotatable bonds is 6. The van der Waals surface area contributed by atoms with Crippen LogP contribution in [0.3, 0.4) is 0 Å². The first kappa shape index (κ1) is 23.5. The highest BCUT2D eigenvalue weighted by Gasteiger charge is 2.29. The minimum atomic E-state index is -0.129. The molecule has 0 bridgehead atoms. The zero-order valence-corrected chi connectivity index (χ0v) is 20.1. The summed E-state index contributed by atoms with van der Waals surface area (Å²) in [6.45, 7) is 6.67. The molecule has 0 aliphatic carbocycles. The molecule has 2 aromatic carbocycles. The molecule has 3 aromatic rings. The van der Waals surface area contributed by atoms with Crippen molar-refractivity contribution in [3.05, 3.63) is 54.1 Å². The van der Waals surface area contributed by atoms with Crippen molar-refractivity contribution < 1.29 is 14.3 Å². The first-order valence-corrected chi connectivity index (χ1v) is 11.5. The number of benzene rings is 2. The van der Waals surface area contributed by atoms with Crippen LogP contribution in [0.2, 0.25) is 0 Å². The molecule has 4 rings (SSSR count). The molecule has 1 amide bonds. The Balaban J connectivity index is 1.67. The van der Waals surface area contributed by atoms with Crippen molar-refractivity contribution in [1.29, 1.82) is 5.26 Å². The maximum absolute atomic E-state index is 13.7. The SMILES string of the molecule is COc1ccc(-c2cc(C(=O)N3CCN(C(C#N)C(C)C)CC3)c3ccccc3n2)cc1OC. The Hall–Kier alpha value is -3.63. The summed E-state index contributed by atoms with van der Waals surface area (Å²) in [7, 11) is 3.20. The van der Waals surface area contributed by atoms with E-state index >= 15 is 0 Å². The lowest BCUT2D eigenvalue weighted by Gasteiger charge is -2.38. The topological polar surface area (TPSA) is 78.7 Å². The number of hydrogen-bond donors (Lipinski definition) is 0. The molecule has 1 unspecified atom stereocenters. The lowest BCUT2D eigenvalue weighted by atomic mass is 10.0.